The topological polar surface area (TPSA) is 189 Å². The van der Waals surface area contributed by atoms with Gasteiger partial charge < -0.3 is 50.5 Å². The largest absolute Gasteiger partial charge is 0.394 e. The highest BCUT2D eigenvalue weighted by atomic mass is 16.7. The van der Waals surface area contributed by atoms with Crippen molar-refractivity contribution >= 4 is 5.91 Å². The van der Waals surface area contributed by atoms with E-state index in [1.54, 1.807) is 0 Å². The van der Waals surface area contributed by atoms with Crippen molar-refractivity contribution in [3.05, 3.63) is 12.2 Å². The second kappa shape index (κ2) is 36.7. The molecule has 0 bridgehead atoms. The van der Waals surface area contributed by atoms with Gasteiger partial charge >= 0.3 is 0 Å². The molecule has 57 heavy (non-hydrogen) atoms. The first-order valence-electron chi connectivity index (χ1n) is 23.6. The Morgan fingerprint density at radius 1 is 0.596 bits per heavy atom. The molecule has 0 saturated carbocycles. The van der Waals surface area contributed by atoms with E-state index in [-0.39, 0.29) is 12.8 Å². The molecule has 1 fully saturated rings. The van der Waals surface area contributed by atoms with Gasteiger partial charge in [-0.25, -0.2) is 0 Å². The monoisotopic (exact) mass is 816 g/mol. The molecule has 0 spiro atoms. The molecular formula is C46H89NO10. The fraction of sp³-hybridized carbons (Fsp3) is 0.935. The minimum absolute atomic E-state index is 0.260. The molecule has 1 aliphatic rings. The summed E-state index contributed by atoms with van der Waals surface area (Å²) in [5.74, 6) is -0.708. The number of allylic oxidation sites excluding steroid dienone is 2. The summed E-state index contributed by atoms with van der Waals surface area (Å²) in [6.07, 6.45) is 28.7. The van der Waals surface area contributed by atoms with Crippen LogP contribution in [0.2, 0.25) is 0 Å². The molecular weight excluding hydrogens is 727 g/mol. The summed E-state index contributed by atoms with van der Waals surface area (Å²) in [6.45, 7) is 3.17. The maximum Gasteiger partial charge on any atom is 0.249 e. The average molecular weight is 816 g/mol. The van der Waals surface area contributed by atoms with Crippen LogP contribution >= 0.6 is 0 Å². The van der Waals surface area contributed by atoms with Crippen molar-refractivity contribution in [1.29, 1.82) is 0 Å². The van der Waals surface area contributed by atoms with Crippen molar-refractivity contribution in [3.63, 3.8) is 0 Å². The second-order valence-corrected chi connectivity index (χ2v) is 16.8. The highest BCUT2D eigenvalue weighted by Gasteiger charge is 2.44. The minimum atomic E-state index is -1.65. The molecule has 8 N–H and O–H groups in total. The second-order valence-electron chi connectivity index (χ2n) is 16.8. The van der Waals surface area contributed by atoms with Crippen LogP contribution in [-0.2, 0) is 14.3 Å². The van der Waals surface area contributed by atoms with E-state index in [0.29, 0.717) is 12.8 Å². The van der Waals surface area contributed by atoms with Crippen LogP contribution in [0, 0.1) is 0 Å². The quantitative estimate of drug-likeness (QED) is 0.0226. The molecule has 338 valence electrons. The fourth-order valence-corrected chi connectivity index (χ4v) is 7.60. The number of aliphatic hydroxyl groups is 7. The summed E-state index contributed by atoms with van der Waals surface area (Å²) >= 11 is 0. The Morgan fingerprint density at radius 2 is 1.04 bits per heavy atom. The number of rotatable bonds is 39. The van der Waals surface area contributed by atoms with Crippen molar-refractivity contribution in [2.24, 2.45) is 0 Å². The zero-order valence-electron chi connectivity index (χ0n) is 36.3. The predicted octanol–water partition coefficient (Wildman–Crippen LogP) is 7.67. The molecule has 1 amide bonds. The van der Waals surface area contributed by atoms with Crippen molar-refractivity contribution in [1.82, 2.24) is 5.32 Å². The number of aliphatic hydroxyl groups excluding tert-OH is 7. The number of amides is 1. The molecule has 0 aromatic heterocycles. The van der Waals surface area contributed by atoms with Gasteiger partial charge in [-0.2, -0.15) is 0 Å². The summed E-state index contributed by atoms with van der Waals surface area (Å²) in [6, 6.07) is -1.16. The van der Waals surface area contributed by atoms with E-state index >= 15 is 0 Å². The number of hydrogen-bond donors (Lipinski definition) is 8. The van der Waals surface area contributed by atoms with Crippen LogP contribution in [0.4, 0.5) is 0 Å². The van der Waals surface area contributed by atoms with Crippen molar-refractivity contribution in [2.45, 2.75) is 262 Å². The summed E-state index contributed by atoms with van der Waals surface area (Å²) in [4.78, 5) is 12.9. The molecule has 11 nitrogen and oxygen atoms in total. The van der Waals surface area contributed by atoms with E-state index in [1.165, 1.54) is 141 Å². The summed E-state index contributed by atoms with van der Waals surface area (Å²) in [7, 11) is 0. The van der Waals surface area contributed by atoms with Crippen LogP contribution in [0.5, 0.6) is 0 Å². The molecule has 1 rings (SSSR count). The van der Waals surface area contributed by atoms with Gasteiger partial charge in [0.15, 0.2) is 6.29 Å². The first-order chi connectivity index (χ1) is 27.7. The van der Waals surface area contributed by atoms with Crippen LogP contribution in [0.3, 0.4) is 0 Å². The van der Waals surface area contributed by atoms with Gasteiger partial charge in [-0.3, -0.25) is 4.79 Å². The molecule has 9 atom stereocenters. The number of carbonyl (C=O) groups excluding carboxylic acids is 1. The Bertz CT molecular complexity index is 939. The van der Waals surface area contributed by atoms with Crippen molar-refractivity contribution < 1.29 is 50.0 Å². The van der Waals surface area contributed by atoms with E-state index in [0.717, 1.165) is 25.7 Å². The lowest BCUT2D eigenvalue weighted by Crippen LogP contribution is -2.60. The number of nitrogens with one attached hydrogen (secondary N) is 1. The third kappa shape index (κ3) is 26.6. The molecule has 1 aliphatic heterocycles. The highest BCUT2D eigenvalue weighted by Crippen LogP contribution is 2.23. The first kappa shape index (κ1) is 53.9. The van der Waals surface area contributed by atoms with E-state index < -0.39 is 74.2 Å². The lowest BCUT2D eigenvalue weighted by atomic mass is 9.99. The van der Waals surface area contributed by atoms with Gasteiger partial charge in [0.05, 0.1) is 25.4 Å². The Hall–Kier alpha value is -1.15. The van der Waals surface area contributed by atoms with E-state index in [1.807, 2.05) is 6.92 Å². The zero-order chi connectivity index (χ0) is 41.9. The Morgan fingerprint density at radius 3 is 1.49 bits per heavy atom. The third-order valence-corrected chi connectivity index (χ3v) is 11.6. The van der Waals surface area contributed by atoms with Gasteiger partial charge in [0.25, 0.3) is 0 Å². The molecule has 9 unspecified atom stereocenters. The fourth-order valence-electron chi connectivity index (χ4n) is 7.60. The highest BCUT2D eigenvalue weighted by molar-refractivity contribution is 5.80. The van der Waals surface area contributed by atoms with Gasteiger partial charge in [0.1, 0.15) is 36.6 Å². The summed E-state index contributed by atoms with van der Waals surface area (Å²) in [5.41, 5.74) is 0. The van der Waals surface area contributed by atoms with E-state index in [2.05, 4.69) is 24.4 Å². The molecule has 0 aliphatic carbocycles. The number of carbonyl (C=O) groups is 1. The van der Waals surface area contributed by atoms with Gasteiger partial charge in [-0.1, -0.05) is 180 Å². The lowest BCUT2D eigenvalue weighted by Gasteiger charge is -2.40. The first-order valence-corrected chi connectivity index (χ1v) is 23.6. The molecule has 0 radical (unpaired) electrons. The standard InChI is InChI=1S/C46H89NO10/c1-3-5-7-8-9-10-11-12-13-14-15-16-17-18-19-20-21-22-23-24-25-26-27-28-29-30-31-32-34-39(50)45(55)47-37(41(51)38(49)33-6-4-2)36-56-46-44(54)43(53)42(52)40(35-48)57-46/h18-19,37-44,46,48-54H,3-17,20-36H2,1-2H3,(H,47,55)/b19-18-. The number of hydrogen-bond acceptors (Lipinski definition) is 10. The maximum atomic E-state index is 12.9. The number of unbranched alkanes of at least 4 members (excludes halogenated alkanes) is 25. The smallest absolute Gasteiger partial charge is 0.249 e. The van der Waals surface area contributed by atoms with Crippen LogP contribution in [0.15, 0.2) is 12.2 Å². The average Bonchev–Trinajstić information content (AvgIpc) is 3.21. The Labute approximate surface area is 347 Å². The molecule has 1 saturated heterocycles. The van der Waals surface area contributed by atoms with Crippen LogP contribution in [-0.4, -0.2) is 110 Å². The molecule has 1 heterocycles. The van der Waals surface area contributed by atoms with Crippen LogP contribution < -0.4 is 5.32 Å². The number of ether oxygens (including phenoxy) is 2. The molecule has 0 aromatic carbocycles. The third-order valence-electron chi connectivity index (χ3n) is 11.6. The maximum absolute atomic E-state index is 12.9. The van der Waals surface area contributed by atoms with Crippen molar-refractivity contribution in [3.8, 4) is 0 Å². The van der Waals surface area contributed by atoms with Crippen LogP contribution in [0.25, 0.3) is 0 Å². The Kier molecular flexibility index (Phi) is 34.7. The van der Waals surface area contributed by atoms with Gasteiger partial charge in [-0.05, 0) is 38.5 Å². The van der Waals surface area contributed by atoms with Crippen molar-refractivity contribution in [2.75, 3.05) is 13.2 Å². The Balaban J connectivity index is 2.09. The van der Waals surface area contributed by atoms with Gasteiger partial charge in [0.2, 0.25) is 5.91 Å². The van der Waals surface area contributed by atoms with E-state index in [4.69, 9.17) is 9.47 Å². The SMILES string of the molecule is CCCCCCCCCCCCCC/C=C\CCCCCCCCCCCCCCC(O)C(=O)NC(COC1OC(CO)C(O)C(O)C1O)C(O)C(O)CCCC. The molecule has 0 aromatic rings. The van der Waals surface area contributed by atoms with Gasteiger partial charge in [-0.15, -0.1) is 0 Å². The zero-order valence-corrected chi connectivity index (χ0v) is 36.3. The van der Waals surface area contributed by atoms with E-state index in [9.17, 15) is 40.5 Å². The normalized spacial score (nSPS) is 22.2. The minimum Gasteiger partial charge on any atom is -0.394 e. The van der Waals surface area contributed by atoms with Crippen LogP contribution in [0.1, 0.15) is 206 Å². The summed E-state index contributed by atoms with van der Waals surface area (Å²) in [5, 5.41) is 74.3. The summed E-state index contributed by atoms with van der Waals surface area (Å²) < 4.78 is 10.9. The molecule has 11 heteroatoms. The van der Waals surface area contributed by atoms with Gasteiger partial charge in [0, 0.05) is 0 Å². The lowest BCUT2D eigenvalue weighted by molar-refractivity contribution is -0.303. The predicted molar refractivity (Wildman–Crippen MR) is 229 cm³/mol.